The Bertz CT molecular complexity index is 512. The molecule has 3 N–H and O–H groups in total. The maximum Gasteiger partial charge on any atom is 0.362 e. The summed E-state index contributed by atoms with van der Waals surface area (Å²) in [5.41, 5.74) is 0. The molecule has 0 bridgehead atoms. The largest absolute Gasteiger partial charge is 0.477 e. The number of rotatable bonds is 20. The molecule has 0 saturated carbocycles. The molecule has 0 rings (SSSR count). The monoisotopic (exact) mass is 442 g/mol. The van der Waals surface area contributed by atoms with Gasteiger partial charge in [0.25, 0.3) is 0 Å². The van der Waals surface area contributed by atoms with Crippen LogP contribution in [0.15, 0.2) is 12.7 Å². The van der Waals surface area contributed by atoms with Crippen molar-refractivity contribution in [2.75, 3.05) is 6.54 Å². The zero-order chi connectivity index (χ0) is 23.9. The number of allylic oxidation sites excluding steroid dienone is 1. The van der Waals surface area contributed by atoms with E-state index < -0.39 is 40.5 Å². The molecule has 3 unspecified atom stereocenters. The number of unbranched alkanes of at least 4 members (excludes halogenated alkanes) is 11. The van der Waals surface area contributed by atoms with Crippen LogP contribution < -0.4 is 0 Å². The Balaban J connectivity index is 4.56. The van der Waals surface area contributed by atoms with E-state index in [9.17, 15) is 29.7 Å². The highest BCUT2D eigenvalue weighted by Gasteiger charge is 2.52. The zero-order valence-corrected chi connectivity index (χ0v) is 19.7. The third-order valence-corrected chi connectivity index (χ3v) is 6.69. The van der Waals surface area contributed by atoms with E-state index in [-0.39, 0.29) is 6.54 Å². The Morgan fingerprint density at radius 3 is 1.23 bits per heavy atom. The van der Waals surface area contributed by atoms with Crippen LogP contribution in [0, 0.1) is 0 Å². The molecule has 7 nitrogen and oxygen atoms in total. The molecule has 0 aliphatic rings. The van der Waals surface area contributed by atoms with Gasteiger partial charge in [-0.2, -0.15) is 0 Å². The first-order chi connectivity index (χ1) is 14.6. The van der Waals surface area contributed by atoms with E-state index in [2.05, 4.69) is 6.58 Å². The Morgan fingerprint density at radius 2 is 0.935 bits per heavy atom. The van der Waals surface area contributed by atoms with Crippen molar-refractivity contribution in [3.05, 3.63) is 12.7 Å². The first-order valence-corrected chi connectivity index (χ1v) is 11.8. The van der Waals surface area contributed by atoms with Crippen LogP contribution in [0.2, 0.25) is 0 Å². The summed E-state index contributed by atoms with van der Waals surface area (Å²) in [5, 5.41) is 28.7. The van der Waals surface area contributed by atoms with E-state index in [1.807, 2.05) is 6.08 Å². The van der Waals surface area contributed by atoms with Gasteiger partial charge < -0.3 is 15.3 Å². The van der Waals surface area contributed by atoms with Crippen molar-refractivity contribution in [3.8, 4) is 0 Å². The van der Waals surface area contributed by atoms with Crippen molar-refractivity contribution in [1.82, 2.24) is 0 Å². The van der Waals surface area contributed by atoms with E-state index in [1.54, 1.807) is 0 Å². The van der Waals surface area contributed by atoms with Crippen LogP contribution in [0.5, 0.6) is 0 Å². The number of carbonyl (C=O) groups is 3. The highest BCUT2D eigenvalue weighted by molar-refractivity contribution is 5.77. The zero-order valence-electron chi connectivity index (χ0n) is 19.7. The molecule has 0 heterocycles. The molecular weight excluding hydrogens is 398 g/mol. The minimum absolute atomic E-state index is 0.221. The molecule has 180 valence electrons. The quantitative estimate of drug-likeness (QED) is 0.138. The Labute approximate surface area is 187 Å². The van der Waals surface area contributed by atoms with Gasteiger partial charge in [-0.1, -0.05) is 57.4 Å². The molecule has 0 amide bonds. The molecule has 0 aromatic carbocycles. The molecule has 0 fully saturated rings. The van der Waals surface area contributed by atoms with Gasteiger partial charge in [-0.25, -0.2) is 14.4 Å². The van der Waals surface area contributed by atoms with Crippen molar-refractivity contribution in [3.63, 3.8) is 0 Å². The van der Waals surface area contributed by atoms with Gasteiger partial charge >= 0.3 is 17.9 Å². The SMILES string of the molecule is C=CCCCCCCCCCCCCC[N+](C(C)C(=O)O)(C(C)C(=O)O)C(C)C(=O)O. The lowest BCUT2D eigenvalue weighted by molar-refractivity contribution is -0.968. The van der Waals surface area contributed by atoms with Crippen LogP contribution in [0.25, 0.3) is 0 Å². The van der Waals surface area contributed by atoms with Gasteiger partial charge in [0.15, 0.2) is 18.1 Å². The fourth-order valence-corrected chi connectivity index (χ4v) is 4.47. The molecule has 0 aromatic rings. The molecule has 0 aromatic heterocycles. The van der Waals surface area contributed by atoms with Gasteiger partial charge in [-0.3, -0.25) is 4.48 Å². The fourth-order valence-electron chi connectivity index (χ4n) is 4.47. The molecule has 3 atom stereocenters. The molecule has 31 heavy (non-hydrogen) atoms. The summed E-state index contributed by atoms with van der Waals surface area (Å²) in [4.78, 5) is 35.2. The van der Waals surface area contributed by atoms with Crippen molar-refractivity contribution < 1.29 is 34.2 Å². The Hall–Kier alpha value is -1.89. The number of carboxylic acids is 3. The summed E-state index contributed by atoms with van der Waals surface area (Å²) in [6, 6.07) is -3.36. The first kappa shape index (κ1) is 29.1. The van der Waals surface area contributed by atoms with E-state index in [4.69, 9.17) is 0 Å². The van der Waals surface area contributed by atoms with E-state index in [0.29, 0.717) is 6.42 Å². The molecule has 0 aliphatic heterocycles. The second kappa shape index (κ2) is 15.8. The van der Waals surface area contributed by atoms with Gasteiger partial charge in [0.2, 0.25) is 0 Å². The topological polar surface area (TPSA) is 112 Å². The van der Waals surface area contributed by atoms with Gasteiger partial charge in [0, 0.05) is 0 Å². The van der Waals surface area contributed by atoms with E-state index >= 15 is 0 Å². The minimum atomic E-state index is -1.18. The van der Waals surface area contributed by atoms with Gasteiger partial charge in [-0.15, -0.1) is 6.58 Å². The molecular formula is C24H44NO6+. The van der Waals surface area contributed by atoms with Gasteiger partial charge in [0.05, 0.1) is 6.54 Å². The lowest BCUT2D eigenvalue weighted by atomic mass is 10.00. The smallest absolute Gasteiger partial charge is 0.362 e. The molecule has 0 spiro atoms. The number of hydrogen-bond acceptors (Lipinski definition) is 3. The average molecular weight is 443 g/mol. The van der Waals surface area contributed by atoms with Crippen molar-refractivity contribution in [2.45, 2.75) is 116 Å². The van der Waals surface area contributed by atoms with Crippen molar-refractivity contribution >= 4 is 17.9 Å². The second-order valence-electron chi connectivity index (χ2n) is 8.73. The van der Waals surface area contributed by atoms with Crippen LogP contribution >= 0.6 is 0 Å². The van der Waals surface area contributed by atoms with Crippen LogP contribution in [0.4, 0.5) is 0 Å². The predicted molar refractivity (Wildman–Crippen MR) is 122 cm³/mol. The van der Waals surface area contributed by atoms with Crippen molar-refractivity contribution in [1.29, 1.82) is 0 Å². The Kier molecular flexibility index (Phi) is 14.9. The summed E-state index contributed by atoms with van der Waals surface area (Å²) in [6.07, 6.45) is 15.3. The third kappa shape index (κ3) is 9.85. The van der Waals surface area contributed by atoms with Crippen LogP contribution in [-0.4, -0.2) is 62.4 Å². The highest BCUT2D eigenvalue weighted by Crippen LogP contribution is 2.27. The van der Waals surface area contributed by atoms with Gasteiger partial charge in [0.1, 0.15) is 0 Å². The predicted octanol–water partition coefficient (Wildman–Crippen LogP) is 5.09. The second-order valence-corrected chi connectivity index (χ2v) is 8.73. The number of carboxylic acid groups (broad SMARTS) is 3. The summed E-state index contributed by atoms with van der Waals surface area (Å²) in [6.45, 7) is 8.20. The highest BCUT2D eigenvalue weighted by atomic mass is 16.4. The summed E-state index contributed by atoms with van der Waals surface area (Å²) >= 11 is 0. The number of aliphatic carboxylic acids is 3. The maximum absolute atomic E-state index is 11.7. The molecule has 7 heteroatoms. The standard InChI is InChI=1S/C24H43NO6/c1-5-6-7-8-9-10-11-12-13-14-15-16-17-18-25(19(2)22(26)27,20(3)23(28)29)21(4)24(30)31/h5,19-21H,1,6-18H2,2-4H3,(H2-,26,27,28,29,30,31)/p+1. The fraction of sp³-hybridized carbons (Fsp3) is 0.792. The van der Waals surface area contributed by atoms with Crippen LogP contribution in [0.1, 0.15) is 97.8 Å². The first-order valence-electron chi connectivity index (χ1n) is 11.8. The van der Waals surface area contributed by atoms with Gasteiger partial charge in [-0.05, 0) is 46.5 Å². The number of quaternary nitrogens is 1. The van der Waals surface area contributed by atoms with E-state index in [0.717, 1.165) is 32.1 Å². The summed E-state index contributed by atoms with van der Waals surface area (Å²) < 4.78 is -0.480. The van der Waals surface area contributed by atoms with Crippen LogP contribution in [-0.2, 0) is 14.4 Å². The number of hydrogen-bond donors (Lipinski definition) is 3. The molecule has 0 saturated heterocycles. The minimum Gasteiger partial charge on any atom is -0.477 e. The lowest BCUT2D eigenvalue weighted by Gasteiger charge is -2.47. The molecule has 0 radical (unpaired) electrons. The molecule has 0 aliphatic carbocycles. The maximum atomic E-state index is 11.7. The lowest BCUT2D eigenvalue weighted by Crippen LogP contribution is -2.70. The normalized spacial score (nSPS) is 16.1. The number of nitrogens with zero attached hydrogens (tertiary/aromatic N) is 1. The van der Waals surface area contributed by atoms with E-state index in [1.165, 1.54) is 59.3 Å². The van der Waals surface area contributed by atoms with Crippen LogP contribution in [0.3, 0.4) is 0 Å². The third-order valence-electron chi connectivity index (χ3n) is 6.69. The summed E-state index contributed by atoms with van der Waals surface area (Å²) in [5.74, 6) is -3.53. The summed E-state index contributed by atoms with van der Waals surface area (Å²) in [7, 11) is 0. The Morgan fingerprint density at radius 1 is 0.645 bits per heavy atom. The van der Waals surface area contributed by atoms with Crippen molar-refractivity contribution in [2.24, 2.45) is 0 Å². The average Bonchev–Trinajstić information content (AvgIpc) is 2.72.